The zero-order valence-corrected chi connectivity index (χ0v) is 11.2. The van der Waals surface area contributed by atoms with Crippen molar-refractivity contribution in [1.29, 1.82) is 0 Å². The summed E-state index contributed by atoms with van der Waals surface area (Å²) in [6.45, 7) is 7.22. The molecule has 0 heterocycles. The Balaban J connectivity index is 2.64. The van der Waals surface area contributed by atoms with Gasteiger partial charge < -0.3 is 4.74 Å². The van der Waals surface area contributed by atoms with Gasteiger partial charge in [-0.25, -0.2) is 4.79 Å². The van der Waals surface area contributed by atoms with Gasteiger partial charge in [-0.3, -0.25) is 10.1 Å². The first-order valence-corrected chi connectivity index (χ1v) is 5.95. The van der Waals surface area contributed by atoms with Crippen molar-refractivity contribution < 1.29 is 14.3 Å². The van der Waals surface area contributed by atoms with Crippen LogP contribution in [0.1, 0.15) is 44.5 Å². The van der Waals surface area contributed by atoms with Crippen LogP contribution >= 0.6 is 0 Å². The number of Topliss-reactive ketones (excluding diaryl/α,β-unsaturated/α-hetero) is 1. The molecule has 0 aliphatic carbocycles. The fourth-order valence-electron chi connectivity index (χ4n) is 1.37. The quantitative estimate of drug-likeness (QED) is 0.832. The first-order valence-electron chi connectivity index (χ1n) is 5.95. The lowest BCUT2D eigenvalue weighted by atomic mass is 10.1. The second kappa shape index (κ2) is 5.67. The summed E-state index contributed by atoms with van der Waals surface area (Å²) < 4.78 is 5.12. The van der Waals surface area contributed by atoms with E-state index in [-0.39, 0.29) is 5.78 Å². The summed E-state index contributed by atoms with van der Waals surface area (Å²) in [5.74, 6) is 0.0822. The third-order valence-electron chi connectivity index (χ3n) is 2.17. The van der Waals surface area contributed by atoms with Gasteiger partial charge in [-0.15, -0.1) is 0 Å². The molecule has 1 rings (SSSR count). The van der Waals surface area contributed by atoms with Crippen molar-refractivity contribution >= 4 is 17.6 Å². The van der Waals surface area contributed by atoms with Crippen LogP contribution in [-0.4, -0.2) is 17.5 Å². The maximum absolute atomic E-state index is 11.5. The Labute approximate surface area is 107 Å². The van der Waals surface area contributed by atoms with Crippen molar-refractivity contribution in [3.8, 4) is 0 Å². The average molecular weight is 249 g/mol. The van der Waals surface area contributed by atoms with Gasteiger partial charge in [0.1, 0.15) is 5.60 Å². The topological polar surface area (TPSA) is 55.4 Å². The lowest BCUT2D eigenvalue weighted by Gasteiger charge is -2.19. The molecule has 0 saturated carbocycles. The summed E-state index contributed by atoms with van der Waals surface area (Å²) in [7, 11) is 0. The average Bonchev–Trinajstić information content (AvgIpc) is 2.26. The van der Waals surface area contributed by atoms with Crippen molar-refractivity contribution in [2.75, 3.05) is 5.32 Å². The zero-order chi connectivity index (χ0) is 13.8. The summed E-state index contributed by atoms with van der Waals surface area (Å²) in [6, 6.07) is 6.76. The minimum atomic E-state index is -0.526. The number of amides is 1. The summed E-state index contributed by atoms with van der Waals surface area (Å²) in [6.07, 6.45) is -0.0316. The summed E-state index contributed by atoms with van der Waals surface area (Å²) in [5, 5.41) is 2.61. The minimum Gasteiger partial charge on any atom is -0.444 e. The predicted octanol–water partition coefficient (Wildman–Crippen LogP) is 3.63. The van der Waals surface area contributed by atoms with Crippen LogP contribution in [-0.2, 0) is 4.74 Å². The van der Waals surface area contributed by atoms with E-state index in [9.17, 15) is 9.59 Å². The van der Waals surface area contributed by atoms with Gasteiger partial charge in [0.05, 0.1) is 0 Å². The summed E-state index contributed by atoms with van der Waals surface area (Å²) in [4.78, 5) is 22.9. The van der Waals surface area contributed by atoms with Crippen molar-refractivity contribution in [1.82, 2.24) is 0 Å². The molecule has 1 aromatic rings. The molecule has 0 aliphatic rings. The highest BCUT2D eigenvalue weighted by molar-refractivity contribution is 5.96. The van der Waals surface area contributed by atoms with Crippen LogP contribution in [0.25, 0.3) is 0 Å². The van der Waals surface area contributed by atoms with Crippen LogP contribution in [0.4, 0.5) is 10.5 Å². The van der Waals surface area contributed by atoms with Gasteiger partial charge in [-0.1, -0.05) is 6.92 Å². The molecule has 0 saturated heterocycles. The second-order valence-corrected chi connectivity index (χ2v) is 4.98. The Kier molecular flexibility index (Phi) is 4.48. The van der Waals surface area contributed by atoms with Crippen LogP contribution in [0.3, 0.4) is 0 Å². The number of carbonyl (C=O) groups is 2. The number of hydrogen-bond donors (Lipinski definition) is 1. The SMILES string of the molecule is CCC(=O)c1ccc(NC(=O)OC(C)(C)C)cc1. The first kappa shape index (κ1) is 14.2. The molecular weight excluding hydrogens is 230 g/mol. The van der Waals surface area contributed by atoms with Crippen molar-refractivity contribution in [3.05, 3.63) is 29.8 Å². The van der Waals surface area contributed by atoms with E-state index in [1.807, 2.05) is 6.92 Å². The zero-order valence-electron chi connectivity index (χ0n) is 11.2. The molecule has 0 unspecified atom stereocenters. The number of carbonyl (C=O) groups excluding carboxylic acids is 2. The van der Waals surface area contributed by atoms with Gasteiger partial charge in [0.2, 0.25) is 0 Å². The van der Waals surface area contributed by atoms with Crippen molar-refractivity contribution in [2.45, 2.75) is 39.7 Å². The molecule has 1 amide bonds. The fourth-order valence-corrected chi connectivity index (χ4v) is 1.37. The molecule has 4 nitrogen and oxygen atoms in total. The maximum Gasteiger partial charge on any atom is 0.412 e. The Morgan fingerprint density at radius 3 is 2.17 bits per heavy atom. The first-order chi connectivity index (χ1) is 8.31. The van der Waals surface area contributed by atoms with Crippen molar-refractivity contribution in [3.63, 3.8) is 0 Å². The number of rotatable bonds is 3. The van der Waals surface area contributed by atoms with Gasteiger partial charge in [-0.05, 0) is 45.0 Å². The lowest BCUT2D eigenvalue weighted by molar-refractivity contribution is 0.0636. The molecular formula is C14H19NO3. The predicted molar refractivity (Wildman–Crippen MR) is 70.9 cm³/mol. The Hall–Kier alpha value is -1.84. The van der Waals surface area contributed by atoms with Gasteiger partial charge >= 0.3 is 6.09 Å². The van der Waals surface area contributed by atoms with E-state index >= 15 is 0 Å². The summed E-state index contributed by atoms with van der Waals surface area (Å²) >= 11 is 0. The third kappa shape index (κ3) is 4.57. The highest BCUT2D eigenvalue weighted by Crippen LogP contribution is 2.13. The Bertz CT molecular complexity index is 429. The van der Waals surface area contributed by atoms with E-state index in [2.05, 4.69) is 5.32 Å². The minimum absolute atomic E-state index is 0.0822. The number of ketones is 1. The number of ether oxygens (including phenoxy) is 1. The third-order valence-corrected chi connectivity index (χ3v) is 2.17. The molecule has 18 heavy (non-hydrogen) atoms. The van der Waals surface area contributed by atoms with Gasteiger partial charge in [0.25, 0.3) is 0 Å². The van der Waals surface area contributed by atoms with Crippen LogP contribution in [0, 0.1) is 0 Å². The molecule has 0 atom stereocenters. The second-order valence-electron chi connectivity index (χ2n) is 4.98. The van der Waals surface area contributed by atoms with Gasteiger partial charge in [-0.2, -0.15) is 0 Å². The smallest absolute Gasteiger partial charge is 0.412 e. The molecule has 0 radical (unpaired) electrons. The lowest BCUT2D eigenvalue weighted by Crippen LogP contribution is -2.27. The Morgan fingerprint density at radius 1 is 1.17 bits per heavy atom. The normalized spacial score (nSPS) is 10.9. The number of anilines is 1. The number of hydrogen-bond acceptors (Lipinski definition) is 3. The van der Waals surface area contributed by atoms with E-state index in [1.165, 1.54) is 0 Å². The van der Waals surface area contributed by atoms with E-state index in [0.717, 1.165) is 0 Å². The molecule has 0 fully saturated rings. The highest BCUT2D eigenvalue weighted by atomic mass is 16.6. The van der Waals surface area contributed by atoms with Crippen molar-refractivity contribution in [2.24, 2.45) is 0 Å². The maximum atomic E-state index is 11.5. The Morgan fingerprint density at radius 2 is 1.72 bits per heavy atom. The monoisotopic (exact) mass is 249 g/mol. The molecule has 98 valence electrons. The molecule has 0 aliphatic heterocycles. The van der Waals surface area contributed by atoms with Crippen LogP contribution in [0.5, 0.6) is 0 Å². The summed E-state index contributed by atoms with van der Waals surface area (Å²) in [5.41, 5.74) is 0.728. The standard InChI is InChI=1S/C14H19NO3/c1-5-12(16)10-6-8-11(9-7-10)15-13(17)18-14(2,3)4/h6-9H,5H2,1-4H3,(H,15,17). The van der Waals surface area contributed by atoms with Crippen LogP contribution < -0.4 is 5.32 Å². The van der Waals surface area contributed by atoms with E-state index < -0.39 is 11.7 Å². The molecule has 1 aromatic carbocycles. The number of benzene rings is 1. The van der Waals surface area contributed by atoms with E-state index in [1.54, 1.807) is 45.0 Å². The van der Waals surface area contributed by atoms with E-state index in [4.69, 9.17) is 4.74 Å². The fraction of sp³-hybridized carbons (Fsp3) is 0.429. The van der Waals surface area contributed by atoms with Gasteiger partial charge in [0.15, 0.2) is 5.78 Å². The van der Waals surface area contributed by atoms with Crippen LogP contribution in [0.2, 0.25) is 0 Å². The van der Waals surface area contributed by atoms with Crippen LogP contribution in [0.15, 0.2) is 24.3 Å². The molecule has 0 bridgehead atoms. The number of nitrogens with one attached hydrogen (secondary N) is 1. The molecule has 0 aromatic heterocycles. The molecule has 1 N–H and O–H groups in total. The highest BCUT2D eigenvalue weighted by Gasteiger charge is 2.16. The molecule has 4 heteroatoms. The van der Waals surface area contributed by atoms with E-state index in [0.29, 0.717) is 17.7 Å². The molecule has 0 spiro atoms. The largest absolute Gasteiger partial charge is 0.444 e. The van der Waals surface area contributed by atoms with Gasteiger partial charge in [0, 0.05) is 17.7 Å².